The van der Waals surface area contributed by atoms with E-state index in [1.54, 1.807) is 0 Å². The highest BCUT2D eigenvalue weighted by Crippen LogP contribution is 2.24. The molecule has 2 rings (SSSR count). The molecule has 0 spiro atoms. The molecular formula is C10H17N3O. The molecule has 2 unspecified atom stereocenters. The van der Waals surface area contributed by atoms with E-state index >= 15 is 0 Å². The van der Waals surface area contributed by atoms with Crippen LogP contribution in [0.1, 0.15) is 32.1 Å². The number of hydrogen-bond donors (Lipinski definition) is 1. The lowest BCUT2D eigenvalue weighted by Crippen LogP contribution is -2.28. The van der Waals surface area contributed by atoms with Crippen molar-refractivity contribution in [3.63, 3.8) is 0 Å². The van der Waals surface area contributed by atoms with E-state index in [1.165, 1.54) is 25.6 Å². The monoisotopic (exact) mass is 195 g/mol. The van der Waals surface area contributed by atoms with Gasteiger partial charge in [-0.15, -0.1) is 0 Å². The Bertz CT molecular complexity index is 260. The number of nitrogens with one attached hydrogen (secondary N) is 1. The van der Waals surface area contributed by atoms with E-state index in [-0.39, 0.29) is 0 Å². The molecule has 4 nitrogen and oxygen atoms in total. The van der Waals surface area contributed by atoms with E-state index in [0.29, 0.717) is 6.04 Å². The Labute approximate surface area is 84.1 Å². The number of rotatable bonds is 4. The molecule has 1 N–H and O–H groups in total. The fourth-order valence-electron chi connectivity index (χ4n) is 2.08. The standard InChI is InChI=1S/C10H17N3O/c1-8-2-3-9(6-8)11-5-4-10-12-7-13-14-10/h7-9,11H,2-6H2,1H3. The average Bonchev–Trinajstić information content (AvgIpc) is 2.77. The SMILES string of the molecule is CC1CCC(NCCc2ncno2)C1. The molecule has 4 heteroatoms. The van der Waals surface area contributed by atoms with E-state index in [1.807, 2.05) is 0 Å². The van der Waals surface area contributed by atoms with Crippen LogP contribution in [-0.4, -0.2) is 22.7 Å². The van der Waals surface area contributed by atoms with Crippen LogP contribution in [0.2, 0.25) is 0 Å². The first-order valence-electron chi connectivity index (χ1n) is 5.33. The molecule has 78 valence electrons. The van der Waals surface area contributed by atoms with Gasteiger partial charge in [0.1, 0.15) is 0 Å². The smallest absolute Gasteiger partial charge is 0.227 e. The normalized spacial score (nSPS) is 26.9. The van der Waals surface area contributed by atoms with Crippen molar-refractivity contribution in [2.75, 3.05) is 6.54 Å². The molecule has 0 bridgehead atoms. The third-order valence-corrected chi connectivity index (χ3v) is 2.87. The molecule has 2 atom stereocenters. The fourth-order valence-corrected chi connectivity index (χ4v) is 2.08. The second-order valence-corrected chi connectivity index (χ2v) is 4.15. The molecule has 1 aromatic heterocycles. The van der Waals surface area contributed by atoms with Crippen LogP contribution in [0.25, 0.3) is 0 Å². The maximum absolute atomic E-state index is 4.92. The highest BCUT2D eigenvalue weighted by molar-refractivity contribution is 4.81. The van der Waals surface area contributed by atoms with Crippen LogP contribution >= 0.6 is 0 Å². The first-order valence-corrected chi connectivity index (χ1v) is 5.33. The van der Waals surface area contributed by atoms with Crippen molar-refractivity contribution in [2.45, 2.75) is 38.6 Å². The first-order chi connectivity index (χ1) is 6.84. The van der Waals surface area contributed by atoms with Gasteiger partial charge in [0.25, 0.3) is 0 Å². The van der Waals surface area contributed by atoms with Gasteiger partial charge in [0.2, 0.25) is 5.89 Å². The molecule has 14 heavy (non-hydrogen) atoms. The van der Waals surface area contributed by atoms with Crippen LogP contribution in [0.15, 0.2) is 10.9 Å². The summed E-state index contributed by atoms with van der Waals surface area (Å²) in [5, 5.41) is 7.09. The summed E-state index contributed by atoms with van der Waals surface area (Å²) in [6.07, 6.45) is 6.27. The summed E-state index contributed by atoms with van der Waals surface area (Å²) in [6.45, 7) is 3.26. The molecule has 1 aliphatic carbocycles. The van der Waals surface area contributed by atoms with Gasteiger partial charge in [-0.1, -0.05) is 12.1 Å². The Balaban J connectivity index is 1.64. The molecular weight excluding hydrogens is 178 g/mol. The maximum Gasteiger partial charge on any atom is 0.227 e. The van der Waals surface area contributed by atoms with Gasteiger partial charge in [-0.25, -0.2) is 0 Å². The molecule has 1 heterocycles. The number of aromatic nitrogens is 2. The Morgan fingerprint density at radius 1 is 1.57 bits per heavy atom. The predicted octanol–water partition coefficient (Wildman–Crippen LogP) is 1.39. The van der Waals surface area contributed by atoms with Gasteiger partial charge < -0.3 is 9.84 Å². The van der Waals surface area contributed by atoms with Crippen LogP contribution in [0.5, 0.6) is 0 Å². The van der Waals surface area contributed by atoms with Crippen molar-refractivity contribution in [3.8, 4) is 0 Å². The van der Waals surface area contributed by atoms with Crippen molar-refractivity contribution in [1.29, 1.82) is 0 Å². The van der Waals surface area contributed by atoms with Crippen molar-refractivity contribution in [3.05, 3.63) is 12.2 Å². The summed E-state index contributed by atoms with van der Waals surface area (Å²) in [7, 11) is 0. The van der Waals surface area contributed by atoms with Gasteiger partial charge in [-0.3, -0.25) is 0 Å². The molecule has 1 aliphatic rings. The summed E-state index contributed by atoms with van der Waals surface area (Å²) < 4.78 is 4.92. The van der Waals surface area contributed by atoms with Crippen molar-refractivity contribution in [2.24, 2.45) is 5.92 Å². The third kappa shape index (κ3) is 2.54. The topological polar surface area (TPSA) is 51.0 Å². The minimum absolute atomic E-state index is 0.702. The Hall–Kier alpha value is -0.900. The fraction of sp³-hybridized carbons (Fsp3) is 0.800. The minimum Gasteiger partial charge on any atom is -0.340 e. The van der Waals surface area contributed by atoms with Crippen LogP contribution < -0.4 is 5.32 Å². The van der Waals surface area contributed by atoms with Crippen LogP contribution in [0.3, 0.4) is 0 Å². The Morgan fingerprint density at radius 3 is 3.14 bits per heavy atom. The molecule has 0 amide bonds. The Morgan fingerprint density at radius 2 is 2.50 bits per heavy atom. The van der Waals surface area contributed by atoms with Gasteiger partial charge in [0, 0.05) is 19.0 Å². The zero-order valence-electron chi connectivity index (χ0n) is 8.57. The number of hydrogen-bond acceptors (Lipinski definition) is 4. The molecule has 0 aromatic carbocycles. The number of nitrogens with zero attached hydrogens (tertiary/aromatic N) is 2. The van der Waals surface area contributed by atoms with Crippen LogP contribution in [0.4, 0.5) is 0 Å². The second kappa shape index (κ2) is 4.55. The molecule has 0 saturated heterocycles. The van der Waals surface area contributed by atoms with E-state index in [9.17, 15) is 0 Å². The van der Waals surface area contributed by atoms with Gasteiger partial charge in [0.15, 0.2) is 6.33 Å². The lowest BCUT2D eigenvalue weighted by atomic mass is 10.1. The van der Waals surface area contributed by atoms with Crippen molar-refractivity contribution >= 4 is 0 Å². The van der Waals surface area contributed by atoms with E-state index in [2.05, 4.69) is 22.4 Å². The summed E-state index contributed by atoms with van der Waals surface area (Å²) in [5.41, 5.74) is 0. The quantitative estimate of drug-likeness (QED) is 0.788. The zero-order chi connectivity index (χ0) is 9.80. The molecule has 1 fully saturated rings. The first kappa shape index (κ1) is 9.65. The zero-order valence-corrected chi connectivity index (χ0v) is 8.57. The molecule has 1 aromatic rings. The Kier molecular flexibility index (Phi) is 3.14. The summed E-state index contributed by atoms with van der Waals surface area (Å²) in [6, 6.07) is 0.702. The van der Waals surface area contributed by atoms with Gasteiger partial charge in [0.05, 0.1) is 0 Å². The van der Waals surface area contributed by atoms with Crippen molar-refractivity contribution < 1.29 is 4.52 Å². The van der Waals surface area contributed by atoms with E-state index < -0.39 is 0 Å². The lowest BCUT2D eigenvalue weighted by molar-refractivity contribution is 0.371. The van der Waals surface area contributed by atoms with Crippen LogP contribution in [-0.2, 0) is 6.42 Å². The highest BCUT2D eigenvalue weighted by Gasteiger charge is 2.20. The van der Waals surface area contributed by atoms with E-state index in [4.69, 9.17) is 4.52 Å². The van der Waals surface area contributed by atoms with Gasteiger partial charge in [-0.2, -0.15) is 4.98 Å². The highest BCUT2D eigenvalue weighted by atomic mass is 16.5. The molecule has 0 radical (unpaired) electrons. The predicted molar refractivity (Wildman–Crippen MR) is 52.8 cm³/mol. The average molecular weight is 195 g/mol. The largest absolute Gasteiger partial charge is 0.340 e. The lowest BCUT2D eigenvalue weighted by Gasteiger charge is -2.10. The summed E-state index contributed by atoms with van der Waals surface area (Å²) in [5.74, 6) is 1.61. The van der Waals surface area contributed by atoms with Gasteiger partial charge in [-0.05, 0) is 25.2 Å². The molecule has 0 aliphatic heterocycles. The second-order valence-electron chi connectivity index (χ2n) is 4.15. The summed E-state index contributed by atoms with van der Waals surface area (Å²) in [4.78, 5) is 3.98. The van der Waals surface area contributed by atoms with Crippen molar-refractivity contribution in [1.82, 2.24) is 15.5 Å². The van der Waals surface area contributed by atoms with Crippen LogP contribution in [0, 0.1) is 5.92 Å². The molecule has 1 saturated carbocycles. The van der Waals surface area contributed by atoms with E-state index in [0.717, 1.165) is 24.8 Å². The maximum atomic E-state index is 4.92. The summed E-state index contributed by atoms with van der Waals surface area (Å²) >= 11 is 0. The third-order valence-electron chi connectivity index (χ3n) is 2.87. The van der Waals surface area contributed by atoms with Gasteiger partial charge >= 0.3 is 0 Å². The minimum atomic E-state index is 0.702.